The second-order valence-electron chi connectivity index (χ2n) is 9.32. The van der Waals surface area contributed by atoms with E-state index in [1.807, 2.05) is 43.8 Å². The van der Waals surface area contributed by atoms with Gasteiger partial charge >= 0.3 is 6.09 Å². The fourth-order valence-corrected chi connectivity index (χ4v) is 4.71. The first kappa shape index (κ1) is 25.3. The molecular weight excluding hydrogens is 494 g/mol. The fraction of sp³-hybridized carbons (Fsp3) is 0.652. The van der Waals surface area contributed by atoms with Crippen molar-refractivity contribution in [3.05, 3.63) is 28.5 Å². The number of ether oxygens (including phenoxy) is 3. The minimum Gasteiger partial charge on any atom is -0.444 e. The summed E-state index contributed by atoms with van der Waals surface area (Å²) in [6.07, 6.45) is 9.79. The van der Waals surface area contributed by atoms with Gasteiger partial charge in [-0.2, -0.15) is 0 Å². The number of hydrogen-bond donors (Lipinski definition) is 0. The highest BCUT2D eigenvalue weighted by molar-refractivity contribution is 9.10. The molecule has 9 heteroatoms. The molecule has 0 saturated carbocycles. The molecule has 2 aromatic rings. The van der Waals surface area contributed by atoms with Gasteiger partial charge in [-0.15, -0.1) is 0 Å². The Morgan fingerprint density at radius 2 is 2.00 bits per heavy atom. The number of carbonyl (C=O) groups is 1. The Kier molecular flexibility index (Phi) is 8.89. The Hall–Kier alpha value is -1.29. The van der Waals surface area contributed by atoms with E-state index in [4.69, 9.17) is 14.2 Å². The topological polar surface area (TPSA) is 65.8 Å². The third-order valence-corrected chi connectivity index (χ3v) is 6.82. The quantitative estimate of drug-likeness (QED) is 0.371. The molecule has 1 saturated heterocycles. The van der Waals surface area contributed by atoms with Crippen LogP contribution in [0.3, 0.4) is 0 Å². The highest BCUT2D eigenvalue weighted by Gasteiger charge is 2.27. The molecule has 0 aromatic carbocycles. The second kappa shape index (κ2) is 11.2. The highest BCUT2D eigenvalue weighted by atomic mass is 79.9. The molecule has 1 amide bonds. The lowest BCUT2D eigenvalue weighted by molar-refractivity contribution is -0.0168. The summed E-state index contributed by atoms with van der Waals surface area (Å²) in [5.41, 5.74) is 1.52. The summed E-state index contributed by atoms with van der Waals surface area (Å²) >= 11 is 3.69. The number of halogens is 1. The van der Waals surface area contributed by atoms with Crippen molar-refractivity contribution in [2.75, 3.05) is 38.0 Å². The van der Waals surface area contributed by atoms with Crippen LogP contribution in [0, 0.1) is 0 Å². The zero-order chi connectivity index (χ0) is 23.3. The summed E-state index contributed by atoms with van der Waals surface area (Å²) < 4.78 is 20.6. The molecule has 178 valence electrons. The first-order valence-electron chi connectivity index (χ1n) is 11.0. The Morgan fingerprint density at radius 1 is 1.28 bits per heavy atom. The molecule has 0 aliphatic carbocycles. The van der Waals surface area contributed by atoms with Crippen molar-refractivity contribution >= 4 is 44.0 Å². The number of carbonyl (C=O) groups excluding carboxylic acids is 1. The van der Waals surface area contributed by atoms with E-state index in [2.05, 4.69) is 33.4 Å². The van der Waals surface area contributed by atoms with Gasteiger partial charge in [0.2, 0.25) is 0 Å². The van der Waals surface area contributed by atoms with Crippen molar-refractivity contribution < 1.29 is 19.0 Å². The lowest BCUT2D eigenvalue weighted by Gasteiger charge is -2.33. The first-order valence-corrected chi connectivity index (χ1v) is 14.0. The Balaban J connectivity index is 1.55. The van der Waals surface area contributed by atoms with E-state index in [0.29, 0.717) is 37.3 Å². The van der Waals surface area contributed by atoms with Crippen molar-refractivity contribution in [3.63, 3.8) is 0 Å². The number of nitrogens with zero attached hydrogens (tertiary/aromatic N) is 3. The van der Waals surface area contributed by atoms with Crippen LogP contribution in [0.2, 0.25) is 0 Å². The van der Waals surface area contributed by atoms with E-state index in [0.717, 1.165) is 46.3 Å². The summed E-state index contributed by atoms with van der Waals surface area (Å²) in [7, 11) is 0.381. The molecule has 0 atom stereocenters. The molecular formula is C23H35BrN3O4S+. The van der Waals surface area contributed by atoms with Crippen molar-refractivity contribution in [1.29, 1.82) is 0 Å². The molecule has 0 N–H and O–H groups in total. The minimum atomic E-state index is -0.471. The van der Waals surface area contributed by atoms with E-state index in [1.165, 1.54) is 0 Å². The van der Waals surface area contributed by atoms with Crippen LogP contribution in [-0.2, 0) is 38.4 Å². The van der Waals surface area contributed by atoms with E-state index >= 15 is 0 Å². The molecule has 0 bridgehead atoms. The Labute approximate surface area is 202 Å². The van der Waals surface area contributed by atoms with Gasteiger partial charge in [0.05, 0.1) is 31.8 Å². The van der Waals surface area contributed by atoms with Gasteiger partial charge in [0.15, 0.2) is 0 Å². The van der Waals surface area contributed by atoms with Crippen LogP contribution in [0.25, 0.3) is 11.0 Å². The predicted octanol–water partition coefficient (Wildman–Crippen LogP) is 4.57. The number of rotatable bonds is 8. The predicted molar refractivity (Wildman–Crippen MR) is 133 cm³/mol. The summed E-state index contributed by atoms with van der Waals surface area (Å²) in [5, 5.41) is 1.06. The molecule has 1 fully saturated rings. The number of fused-ring (bicyclic) bond motifs is 1. The average molecular weight is 530 g/mol. The van der Waals surface area contributed by atoms with Crippen molar-refractivity contribution in [3.8, 4) is 0 Å². The van der Waals surface area contributed by atoms with Crippen molar-refractivity contribution in [1.82, 2.24) is 14.5 Å². The second-order valence-corrected chi connectivity index (χ2v) is 12.6. The van der Waals surface area contributed by atoms with E-state index in [-0.39, 0.29) is 12.2 Å². The van der Waals surface area contributed by atoms with Gasteiger partial charge in [-0.1, -0.05) is 0 Å². The van der Waals surface area contributed by atoms with Crippen LogP contribution in [0.1, 0.15) is 39.2 Å². The normalized spacial score (nSPS) is 15.7. The number of hydrogen-bond acceptors (Lipinski definition) is 5. The maximum atomic E-state index is 12.3. The zero-order valence-electron chi connectivity index (χ0n) is 19.7. The molecule has 7 nitrogen and oxygen atoms in total. The van der Waals surface area contributed by atoms with Crippen LogP contribution in [0.4, 0.5) is 4.79 Å². The average Bonchev–Trinajstić information content (AvgIpc) is 3.05. The summed E-state index contributed by atoms with van der Waals surface area (Å²) in [6, 6.07) is 2.01. The molecule has 1 aliphatic heterocycles. The zero-order valence-corrected chi connectivity index (χ0v) is 22.1. The number of likely N-dealkylation sites (tertiary alicyclic amines) is 1. The lowest BCUT2D eigenvalue weighted by atomic mass is 10.1. The van der Waals surface area contributed by atoms with Gasteiger partial charge in [-0.25, -0.2) is 9.78 Å². The van der Waals surface area contributed by atoms with Gasteiger partial charge in [0, 0.05) is 35.3 Å². The van der Waals surface area contributed by atoms with Gasteiger partial charge in [-0.3, -0.25) is 0 Å². The largest absolute Gasteiger partial charge is 0.444 e. The fourth-order valence-electron chi connectivity index (χ4n) is 3.58. The monoisotopic (exact) mass is 528 g/mol. The molecule has 0 unspecified atom stereocenters. The van der Waals surface area contributed by atoms with Crippen LogP contribution < -0.4 is 0 Å². The van der Waals surface area contributed by atoms with Crippen molar-refractivity contribution in [2.45, 2.75) is 58.7 Å². The third-order valence-electron chi connectivity index (χ3n) is 5.23. The molecule has 3 rings (SSSR count). The van der Waals surface area contributed by atoms with Gasteiger partial charge < -0.3 is 23.7 Å². The van der Waals surface area contributed by atoms with Crippen LogP contribution in [0.15, 0.2) is 22.9 Å². The molecule has 2 aromatic heterocycles. The highest BCUT2D eigenvalue weighted by Crippen LogP contribution is 2.29. The molecule has 1 aliphatic rings. The summed E-state index contributed by atoms with van der Waals surface area (Å²) in [6.45, 7) is 8.71. The van der Waals surface area contributed by atoms with E-state index in [1.54, 1.807) is 4.90 Å². The standard InChI is InChI=1S/C23H35BrN3O4S/c1-23(2,3)31-22(28)26-10-7-18(8-11-26)30-15-17-6-9-25-21-20(17)19(24)14-27(21)16-29-12-13-32(4)5/h6,9,14,18H,7-8,10-13,15-16H2,1-5H3/q+1. The maximum absolute atomic E-state index is 12.3. The SMILES string of the molecule is C[S+](C)CCOCn1cc(Br)c2c(COC3CCN(C(=O)OC(C)(C)C)CC3)ccnc21. The molecule has 32 heavy (non-hydrogen) atoms. The van der Waals surface area contributed by atoms with Gasteiger partial charge in [-0.05, 0) is 72.1 Å². The Morgan fingerprint density at radius 3 is 2.66 bits per heavy atom. The summed E-state index contributed by atoms with van der Waals surface area (Å²) in [4.78, 5) is 18.6. The minimum absolute atomic E-state index is 0.123. The van der Waals surface area contributed by atoms with E-state index < -0.39 is 5.60 Å². The number of amides is 1. The van der Waals surface area contributed by atoms with E-state index in [9.17, 15) is 4.79 Å². The van der Waals surface area contributed by atoms with Crippen molar-refractivity contribution in [2.24, 2.45) is 0 Å². The van der Waals surface area contributed by atoms with Crippen LogP contribution >= 0.6 is 15.9 Å². The smallest absolute Gasteiger partial charge is 0.410 e. The van der Waals surface area contributed by atoms with Crippen LogP contribution in [0.5, 0.6) is 0 Å². The summed E-state index contributed by atoms with van der Waals surface area (Å²) in [5.74, 6) is 1.07. The molecule has 0 radical (unpaired) electrons. The number of pyridine rings is 1. The van der Waals surface area contributed by atoms with Gasteiger partial charge in [0.1, 0.15) is 23.7 Å². The molecule has 3 heterocycles. The van der Waals surface area contributed by atoms with Crippen LogP contribution in [-0.4, -0.2) is 70.2 Å². The lowest BCUT2D eigenvalue weighted by Crippen LogP contribution is -2.43. The third kappa shape index (κ3) is 7.10. The first-order chi connectivity index (χ1) is 15.1. The number of aromatic nitrogens is 2. The Bertz CT molecular complexity index is 905. The number of piperidine rings is 1. The maximum Gasteiger partial charge on any atom is 0.410 e. The van der Waals surface area contributed by atoms with Gasteiger partial charge in [0.25, 0.3) is 0 Å². The molecule has 0 spiro atoms.